The van der Waals surface area contributed by atoms with Crippen LogP contribution in [0, 0.1) is 0 Å². The number of nitrogens with zero attached hydrogens (tertiary/aromatic N) is 6. The molecule has 7 rings (SSSR count). The number of aromatic nitrogens is 6. The maximum atomic E-state index is 4.53. The van der Waals surface area contributed by atoms with Crippen molar-refractivity contribution in [3.63, 3.8) is 0 Å². The maximum Gasteiger partial charge on any atom is 0.105 e. The molecule has 0 radical (unpaired) electrons. The normalized spacial score (nSPS) is 10.9. The molecule has 0 atom stereocenters. The molecule has 0 unspecified atom stereocenters. The minimum Gasteiger partial charge on any atom is -0.129 e. The van der Waals surface area contributed by atoms with E-state index in [-0.39, 0.29) is 0 Å². The van der Waals surface area contributed by atoms with E-state index in [0.717, 1.165) is 67.3 Å². The summed E-state index contributed by atoms with van der Waals surface area (Å²) in [7, 11) is 0. The Kier molecular flexibility index (Phi) is 6.76. The van der Waals surface area contributed by atoms with Gasteiger partial charge in [-0.05, 0) is 21.6 Å². The third kappa shape index (κ3) is 4.82. The number of benzene rings is 5. The zero-order chi connectivity index (χ0) is 28.1. The third-order valence-electron chi connectivity index (χ3n) is 7.18. The summed E-state index contributed by atoms with van der Waals surface area (Å²) in [4.78, 5) is 0. The fourth-order valence-corrected chi connectivity index (χ4v) is 5.19. The summed E-state index contributed by atoms with van der Waals surface area (Å²) in [6, 6.07) is 48.8. The first-order valence-corrected chi connectivity index (χ1v) is 13.7. The van der Waals surface area contributed by atoms with Crippen molar-refractivity contribution in [2.75, 3.05) is 0 Å². The van der Waals surface area contributed by atoms with Crippen LogP contribution >= 0.6 is 0 Å². The van der Waals surface area contributed by atoms with Crippen molar-refractivity contribution in [1.29, 1.82) is 0 Å². The van der Waals surface area contributed by atoms with Crippen molar-refractivity contribution in [3.8, 4) is 67.3 Å². The van der Waals surface area contributed by atoms with Crippen LogP contribution < -0.4 is 0 Å². The van der Waals surface area contributed by atoms with Gasteiger partial charge in [0.1, 0.15) is 22.8 Å². The highest BCUT2D eigenvalue weighted by atomic mass is 15.3. The summed E-state index contributed by atoms with van der Waals surface area (Å²) >= 11 is 0. The molecule has 0 fully saturated rings. The molecule has 6 heteroatoms. The third-order valence-corrected chi connectivity index (χ3v) is 7.18. The van der Waals surface area contributed by atoms with Crippen molar-refractivity contribution in [2.45, 2.75) is 0 Å². The summed E-state index contributed by atoms with van der Waals surface area (Å²) in [6.07, 6.45) is 0. The van der Waals surface area contributed by atoms with Crippen LogP contribution in [0.5, 0.6) is 0 Å². The van der Waals surface area contributed by atoms with E-state index in [9.17, 15) is 0 Å². The van der Waals surface area contributed by atoms with Gasteiger partial charge in [-0.2, -0.15) is 0 Å². The summed E-state index contributed by atoms with van der Waals surface area (Å²) in [5.41, 5.74) is 10.8. The largest absolute Gasteiger partial charge is 0.129 e. The van der Waals surface area contributed by atoms with E-state index >= 15 is 0 Å². The first-order chi connectivity index (χ1) is 20.9. The second-order valence-corrected chi connectivity index (χ2v) is 9.76. The van der Waals surface area contributed by atoms with Crippen LogP contribution in [0.15, 0.2) is 146 Å². The topological polar surface area (TPSA) is 77.3 Å². The quantitative estimate of drug-likeness (QED) is 0.212. The van der Waals surface area contributed by atoms with Crippen molar-refractivity contribution < 1.29 is 0 Å². The zero-order valence-electron chi connectivity index (χ0n) is 22.5. The average molecular weight is 541 g/mol. The predicted molar refractivity (Wildman–Crippen MR) is 166 cm³/mol. The molecule has 0 bridgehead atoms. The molecule has 0 aliphatic carbocycles. The Hall–Kier alpha value is -5.88. The molecular weight excluding hydrogens is 516 g/mol. The zero-order valence-corrected chi connectivity index (χ0v) is 22.5. The van der Waals surface area contributed by atoms with Crippen LogP contribution in [-0.4, -0.2) is 30.8 Å². The molecule has 0 saturated heterocycles. The van der Waals surface area contributed by atoms with Crippen LogP contribution in [0.2, 0.25) is 0 Å². The van der Waals surface area contributed by atoms with E-state index in [4.69, 9.17) is 0 Å². The second kappa shape index (κ2) is 11.3. The Morgan fingerprint density at radius 3 is 0.762 bits per heavy atom. The fraction of sp³-hybridized carbons (Fsp3) is 0. The van der Waals surface area contributed by atoms with Crippen molar-refractivity contribution in [3.05, 3.63) is 146 Å². The molecule has 2 heterocycles. The molecule has 2 aromatic heterocycles. The Bertz CT molecular complexity index is 1800. The lowest BCUT2D eigenvalue weighted by Crippen LogP contribution is -2.01. The Morgan fingerprint density at radius 2 is 0.476 bits per heavy atom. The average Bonchev–Trinajstić information content (AvgIpc) is 3.09. The van der Waals surface area contributed by atoms with Crippen LogP contribution in [0.4, 0.5) is 0 Å². The lowest BCUT2D eigenvalue weighted by Gasteiger charge is -2.14. The van der Waals surface area contributed by atoms with Crippen LogP contribution in [0.1, 0.15) is 0 Å². The van der Waals surface area contributed by atoms with Gasteiger partial charge >= 0.3 is 0 Å². The van der Waals surface area contributed by atoms with Gasteiger partial charge in [0.25, 0.3) is 0 Å². The predicted octanol–water partition coefficient (Wildman–Crippen LogP) is 8.06. The molecule has 0 saturated carbocycles. The maximum absolute atomic E-state index is 4.53. The van der Waals surface area contributed by atoms with Crippen LogP contribution in [-0.2, 0) is 0 Å². The summed E-state index contributed by atoms with van der Waals surface area (Å²) < 4.78 is 0. The van der Waals surface area contributed by atoms with Crippen LogP contribution in [0.3, 0.4) is 0 Å². The number of hydrogen-bond donors (Lipinski definition) is 0. The highest BCUT2D eigenvalue weighted by Crippen LogP contribution is 2.39. The van der Waals surface area contributed by atoms with Gasteiger partial charge in [-0.1, -0.05) is 146 Å². The highest BCUT2D eigenvalue weighted by molar-refractivity contribution is 5.93. The Labute approximate surface area is 243 Å². The van der Waals surface area contributed by atoms with Gasteiger partial charge in [0.2, 0.25) is 0 Å². The van der Waals surface area contributed by atoms with Gasteiger partial charge in [-0.25, -0.2) is 0 Å². The van der Waals surface area contributed by atoms with Gasteiger partial charge < -0.3 is 0 Å². The smallest absolute Gasteiger partial charge is 0.105 e. The highest BCUT2D eigenvalue weighted by Gasteiger charge is 2.20. The van der Waals surface area contributed by atoms with Gasteiger partial charge in [-0.3, -0.25) is 0 Å². The Balaban J connectivity index is 1.37. The standard InChI is InChI=1S/C36H24N6/c1-5-13-25(14-6-1)31-33(27-17-9-3-10-18-27)37-41-39-35(31)29-21-23-30(24-22-29)36-32(26-15-7-2-8-16-26)34(38-42-40-36)28-19-11-4-12-20-28/h1-24H. The van der Waals surface area contributed by atoms with Crippen molar-refractivity contribution in [1.82, 2.24) is 30.8 Å². The van der Waals surface area contributed by atoms with Gasteiger partial charge in [0.05, 0.1) is 0 Å². The van der Waals surface area contributed by atoms with Crippen molar-refractivity contribution in [2.24, 2.45) is 0 Å². The molecule has 6 nitrogen and oxygen atoms in total. The summed E-state index contributed by atoms with van der Waals surface area (Å²) in [6.45, 7) is 0. The van der Waals surface area contributed by atoms with Gasteiger partial charge in [0.15, 0.2) is 0 Å². The molecule has 5 aromatic carbocycles. The lowest BCUT2D eigenvalue weighted by molar-refractivity contribution is 0.877. The van der Waals surface area contributed by atoms with E-state index in [0.29, 0.717) is 0 Å². The SMILES string of the molecule is c1ccc(-c2nnnc(-c3ccc(-c4nnnc(-c5ccccc5)c4-c4ccccc4)cc3)c2-c2ccccc2)cc1. The number of rotatable bonds is 6. The molecule has 0 N–H and O–H groups in total. The molecule has 42 heavy (non-hydrogen) atoms. The second-order valence-electron chi connectivity index (χ2n) is 9.76. The number of hydrogen-bond acceptors (Lipinski definition) is 6. The molecule has 0 amide bonds. The molecule has 0 aliphatic heterocycles. The van der Waals surface area contributed by atoms with E-state index in [1.807, 2.05) is 97.1 Å². The fourth-order valence-electron chi connectivity index (χ4n) is 5.19. The van der Waals surface area contributed by atoms with E-state index in [2.05, 4.69) is 79.4 Å². The van der Waals surface area contributed by atoms with Gasteiger partial charge in [0, 0.05) is 33.4 Å². The molecule has 198 valence electrons. The van der Waals surface area contributed by atoms with Crippen LogP contribution in [0.25, 0.3) is 67.3 Å². The van der Waals surface area contributed by atoms with E-state index < -0.39 is 0 Å². The molecular formula is C36H24N6. The first kappa shape index (κ1) is 25.1. The summed E-state index contributed by atoms with van der Waals surface area (Å²) in [5, 5.41) is 26.4. The first-order valence-electron chi connectivity index (χ1n) is 13.7. The summed E-state index contributed by atoms with van der Waals surface area (Å²) in [5.74, 6) is 0. The minimum absolute atomic E-state index is 0.760. The monoisotopic (exact) mass is 540 g/mol. The van der Waals surface area contributed by atoms with E-state index in [1.54, 1.807) is 0 Å². The van der Waals surface area contributed by atoms with E-state index in [1.165, 1.54) is 0 Å². The lowest BCUT2D eigenvalue weighted by atomic mass is 9.93. The Morgan fingerprint density at radius 1 is 0.238 bits per heavy atom. The minimum atomic E-state index is 0.760. The molecule has 0 aliphatic rings. The molecule has 7 aromatic rings. The molecule has 0 spiro atoms. The van der Waals surface area contributed by atoms with Crippen molar-refractivity contribution >= 4 is 0 Å². The van der Waals surface area contributed by atoms with Gasteiger partial charge in [-0.15, -0.1) is 20.4 Å².